The summed E-state index contributed by atoms with van der Waals surface area (Å²) in [6, 6.07) is 5.80. The van der Waals surface area contributed by atoms with Gasteiger partial charge in [0.1, 0.15) is 0 Å². The Morgan fingerprint density at radius 2 is 2.28 bits per heavy atom. The van der Waals surface area contributed by atoms with Crippen molar-refractivity contribution in [2.45, 2.75) is 32.2 Å². The molecule has 1 atom stereocenters. The molecule has 2 aliphatic heterocycles. The molecule has 0 saturated carbocycles. The number of fused-ring (bicyclic) bond motifs is 1. The summed E-state index contributed by atoms with van der Waals surface area (Å²) in [6.07, 6.45) is 2.54. The summed E-state index contributed by atoms with van der Waals surface area (Å²) in [5.74, 6) is 0.0892. The number of nitrogens with one attached hydrogen (secondary N) is 1. The molecule has 0 bridgehead atoms. The molecule has 4 heteroatoms. The van der Waals surface area contributed by atoms with Gasteiger partial charge in [-0.3, -0.25) is 9.59 Å². The molecule has 0 spiro atoms. The molecule has 1 fully saturated rings. The van der Waals surface area contributed by atoms with Crippen LogP contribution in [0.1, 0.15) is 35.7 Å². The van der Waals surface area contributed by atoms with Gasteiger partial charge in [0.05, 0.1) is 6.42 Å². The first-order valence-electron chi connectivity index (χ1n) is 6.39. The van der Waals surface area contributed by atoms with Crippen LogP contribution in [0.25, 0.3) is 0 Å². The zero-order chi connectivity index (χ0) is 12.7. The highest BCUT2D eigenvalue weighted by Gasteiger charge is 2.27. The Labute approximate surface area is 106 Å². The van der Waals surface area contributed by atoms with Gasteiger partial charge in [-0.25, -0.2) is 0 Å². The first kappa shape index (κ1) is 11.3. The fraction of sp³-hybridized carbons (Fsp3) is 0.429. The smallest absolute Gasteiger partial charge is 0.254 e. The van der Waals surface area contributed by atoms with Crippen LogP contribution in [-0.2, 0) is 11.2 Å². The molecule has 18 heavy (non-hydrogen) atoms. The summed E-state index contributed by atoms with van der Waals surface area (Å²) in [7, 11) is 0. The van der Waals surface area contributed by atoms with Crippen molar-refractivity contribution in [3.05, 3.63) is 29.3 Å². The van der Waals surface area contributed by atoms with E-state index in [-0.39, 0.29) is 11.8 Å². The van der Waals surface area contributed by atoms with Crippen molar-refractivity contribution >= 4 is 17.5 Å². The molecular weight excluding hydrogens is 228 g/mol. The average Bonchev–Trinajstić information content (AvgIpc) is 2.91. The van der Waals surface area contributed by atoms with Crippen molar-refractivity contribution in [1.82, 2.24) is 4.90 Å². The van der Waals surface area contributed by atoms with Crippen LogP contribution in [0.15, 0.2) is 18.2 Å². The first-order chi connectivity index (χ1) is 8.65. The average molecular weight is 244 g/mol. The third-order valence-corrected chi connectivity index (χ3v) is 3.79. The predicted molar refractivity (Wildman–Crippen MR) is 68.5 cm³/mol. The number of carbonyl (C=O) groups is 2. The van der Waals surface area contributed by atoms with Gasteiger partial charge < -0.3 is 10.2 Å². The standard InChI is InChI=1S/C14H16N2O2/c1-9-3-2-6-16(9)14(18)10-4-5-12-11(7-10)8-13(17)15-12/h4-5,7,9H,2-3,6,8H2,1H3,(H,15,17). The van der Waals surface area contributed by atoms with Crippen LogP contribution >= 0.6 is 0 Å². The third kappa shape index (κ3) is 1.78. The molecular formula is C14H16N2O2. The summed E-state index contributed by atoms with van der Waals surface area (Å²) in [4.78, 5) is 25.6. The Kier molecular flexibility index (Phi) is 2.58. The molecule has 1 aromatic rings. The van der Waals surface area contributed by atoms with Crippen LogP contribution < -0.4 is 5.32 Å². The number of nitrogens with zero attached hydrogens (tertiary/aromatic N) is 1. The zero-order valence-corrected chi connectivity index (χ0v) is 10.4. The molecule has 4 nitrogen and oxygen atoms in total. The number of likely N-dealkylation sites (tertiary alicyclic amines) is 1. The topological polar surface area (TPSA) is 49.4 Å². The van der Waals surface area contributed by atoms with Gasteiger partial charge >= 0.3 is 0 Å². The highest BCUT2D eigenvalue weighted by atomic mass is 16.2. The first-order valence-corrected chi connectivity index (χ1v) is 6.39. The fourth-order valence-electron chi connectivity index (χ4n) is 2.76. The molecule has 0 aliphatic carbocycles. The van der Waals surface area contributed by atoms with E-state index in [0.29, 0.717) is 18.0 Å². The zero-order valence-electron chi connectivity index (χ0n) is 10.4. The summed E-state index contributed by atoms with van der Waals surface area (Å²) >= 11 is 0. The number of anilines is 1. The van der Waals surface area contributed by atoms with Gasteiger partial charge in [0.25, 0.3) is 5.91 Å². The van der Waals surface area contributed by atoms with Gasteiger partial charge in [-0.15, -0.1) is 0 Å². The molecule has 1 unspecified atom stereocenters. The van der Waals surface area contributed by atoms with Gasteiger partial charge in [-0.05, 0) is 43.5 Å². The number of amides is 2. The van der Waals surface area contributed by atoms with E-state index >= 15 is 0 Å². The molecule has 2 amide bonds. The molecule has 3 rings (SSSR count). The Hall–Kier alpha value is -1.84. The minimum Gasteiger partial charge on any atom is -0.336 e. The summed E-state index contributed by atoms with van der Waals surface area (Å²) in [5, 5.41) is 2.78. The van der Waals surface area contributed by atoms with Gasteiger partial charge in [0.2, 0.25) is 5.91 Å². The monoisotopic (exact) mass is 244 g/mol. The minimum absolute atomic E-state index is 0.00383. The molecule has 0 aromatic heterocycles. The van der Waals surface area contributed by atoms with E-state index in [0.717, 1.165) is 30.6 Å². The number of hydrogen-bond acceptors (Lipinski definition) is 2. The van der Waals surface area contributed by atoms with Gasteiger partial charge in [-0.1, -0.05) is 0 Å². The summed E-state index contributed by atoms with van der Waals surface area (Å²) in [6.45, 7) is 2.93. The molecule has 1 aromatic carbocycles. The highest BCUT2D eigenvalue weighted by molar-refractivity contribution is 6.01. The van der Waals surface area contributed by atoms with Crippen molar-refractivity contribution in [2.75, 3.05) is 11.9 Å². The van der Waals surface area contributed by atoms with E-state index in [1.54, 1.807) is 6.07 Å². The predicted octanol–water partition coefficient (Wildman–Crippen LogP) is 1.81. The van der Waals surface area contributed by atoms with Crippen molar-refractivity contribution in [1.29, 1.82) is 0 Å². The quantitative estimate of drug-likeness (QED) is 0.819. The summed E-state index contributed by atoms with van der Waals surface area (Å²) < 4.78 is 0. The van der Waals surface area contributed by atoms with Crippen molar-refractivity contribution in [3.63, 3.8) is 0 Å². The van der Waals surface area contributed by atoms with Gasteiger partial charge in [0.15, 0.2) is 0 Å². The van der Waals surface area contributed by atoms with E-state index in [4.69, 9.17) is 0 Å². The van der Waals surface area contributed by atoms with Crippen LogP contribution in [0, 0.1) is 0 Å². The Balaban J connectivity index is 1.87. The number of carbonyl (C=O) groups excluding carboxylic acids is 2. The highest BCUT2D eigenvalue weighted by Crippen LogP contribution is 2.26. The maximum atomic E-state index is 12.4. The molecule has 1 saturated heterocycles. The van der Waals surface area contributed by atoms with E-state index in [2.05, 4.69) is 12.2 Å². The fourth-order valence-corrected chi connectivity index (χ4v) is 2.76. The van der Waals surface area contributed by atoms with E-state index in [9.17, 15) is 9.59 Å². The van der Waals surface area contributed by atoms with Crippen LogP contribution in [-0.4, -0.2) is 29.3 Å². The van der Waals surface area contributed by atoms with Crippen LogP contribution in [0.5, 0.6) is 0 Å². The van der Waals surface area contributed by atoms with E-state index < -0.39 is 0 Å². The Bertz CT molecular complexity index is 525. The second kappa shape index (κ2) is 4.12. The second-order valence-electron chi connectivity index (χ2n) is 5.09. The Morgan fingerprint density at radius 1 is 1.44 bits per heavy atom. The number of benzene rings is 1. The van der Waals surface area contributed by atoms with Crippen molar-refractivity contribution in [2.24, 2.45) is 0 Å². The maximum Gasteiger partial charge on any atom is 0.254 e. The van der Waals surface area contributed by atoms with Crippen molar-refractivity contribution in [3.8, 4) is 0 Å². The van der Waals surface area contributed by atoms with E-state index in [1.165, 1.54) is 0 Å². The molecule has 2 heterocycles. The lowest BCUT2D eigenvalue weighted by Crippen LogP contribution is -2.33. The van der Waals surface area contributed by atoms with Gasteiger partial charge in [0, 0.05) is 23.8 Å². The maximum absolute atomic E-state index is 12.4. The number of rotatable bonds is 1. The van der Waals surface area contributed by atoms with Crippen molar-refractivity contribution < 1.29 is 9.59 Å². The minimum atomic E-state index is 0.00383. The second-order valence-corrected chi connectivity index (χ2v) is 5.09. The molecule has 0 radical (unpaired) electrons. The third-order valence-electron chi connectivity index (χ3n) is 3.79. The normalized spacial score (nSPS) is 21.9. The molecule has 2 aliphatic rings. The van der Waals surface area contributed by atoms with Gasteiger partial charge in [-0.2, -0.15) is 0 Å². The lowest BCUT2D eigenvalue weighted by molar-refractivity contribution is -0.115. The molecule has 1 N–H and O–H groups in total. The van der Waals surface area contributed by atoms with Crippen LogP contribution in [0.3, 0.4) is 0 Å². The Morgan fingerprint density at radius 3 is 3.00 bits per heavy atom. The largest absolute Gasteiger partial charge is 0.336 e. The number of hydrogen-bond donors (Lipinski definition) is 1. The SMILES string of the molecule is CC1CCCN1C(=O)c1ccc2c(c1)CC(=O)N2. The molecule has 94 valence electrons. The van der Waals surface area contributed by atoms with E-state index in [1.807, 2.05) is 17.0 Å². The lowest BCUT2D eigenvalue weighted by Gasteiger charge is -2.21. The summed E-state index contributed by atoms with van der Waals surface area (Å²) in [5.41, 5.74) is 2.46. The van der Waals surface area contributed by atoms with Crippen LogP contribution in [0.2, 0.25) is 0 Å². The lowest BCUT2D eigenvalue weighted by atomic mass is 10.1. The van der Waals surface area contributed by atoms with Crippen LogP contribution in [0.4, 0.5) is 5.69 Å².